The fourth-order valence-electron chi connectivity index (χ4n) is 2.29. The van der Waals surface area contributed by atoms with E-state index < -0.39 is 0 Å². The highest BCUT2D eigenvalue weighted by Crippen LogP contribution is 2.31. The average molecular weight is 255 g/mol. The lowest BCUT2D eigenvalue weighted by atomic mass is 9.99. The standard InChI is InChI=1S/C16H17NO2/c17-14(13-4-2-1-3-5-13)10-12-6-7-15-16(11-12)19-9-8-18-15/h1-7,11,14H,8-10,17H2/t14-/m0/s1. The maximum absolute atomic E-state index is 6.23. The van der Waals surface area contributed by atoms with Gasteiger partial charge in [0.15, 0.2) is 11.5 Å². The van der Waals surface area contributed by atoms with Crippen molar-refractivity contribution >= 4 is 0 Å². The molecule has 3 rings (SSSR count). The molecule has 1 aliphatic heterocycles. The van der Waals surface area contributed by atoms with E-state index in [9.17, 15) is 0 Å². The number of ether oxygens (including phenoxy) is 2. The van der Waals surface area contributed by atoms with Gasteiger partial charge in [0.2, 0.25) is 0 Å². The van der Waals surface area contributed by atoms with Crippen LogP contribution in [0.2, 0.25) is 0 Å². The largest absolute Gasteiger partial charge is 0.486 e. The monoisotopic (exact) mass is 255 g/mol. The van der Waals surface area contributed by atoms with E-state index in [2.05, 4.69) is 18.2 Å². The first-order valence-corrected chi connectivity index (χ1v) is 6.52. The molecule has 0 fully saturated rings. The Kier molecular flexibility index (Phi) is 3.38. The zero-order chi connectivity index (χ0) is 13.1. The molecule has 2 aromatic carbocycles. The molecule has 0 aromatic heterocycles. The highest BCUT2D eigenvalue weighted by molar-refractivity contribution is 5.44. The van der Waals surface area contributed by atoms with Gasteiger partial charge in [0.05, 0.1) is 0 Å². The topological polar surface area (TPSA) is 44.5 Å². The summed E-state index contributed by atoms with van der Waals surface area (Å²) in [7, 11) is 0. The summed E-state index contributed by atoms with van der Waals surface area (Å²) in [6.07, 6.45) is 0.792. The van der Waals surface area contributed by atoms with E-state index in [0.717, 1.165) is 23.5 Å². The number of benzene rings is 2. The molecule has 98 valence electrons. The lowest BCUT2D eigenvalue weighted by Crippen LogP contribution is -2.16. The molecule has 0 spiro atoms. The first-order valence-electron chi connectivity index (χ1n) is 6.52. The number of rotatable bonds is 3. The molecule has 1 atom stereocenters. The number of nitrogens with two attached hydrogens (primary N) is 1. The van der Waals surface area contributed by atoms with E-state index in [1.54, 1.807) is 0 Å². The van der Waals surface area contributed by atoms with Gasteiger partial charge in [0.1, 0.15) is 13.2 Å². The molecule has 2 N–H and O–H groups in total. The highest BCUT2D eigenvalue weighted by Gasteiger charge is 2.13. The molecule has 0 amide bonds. The lowest BCUT2D eigenvalue weighted by Gasteiger charge is -2.19. The van der Waals surface area contributed by atoms with Gasteiger partial charge in [-0.2, -0.15) is 0 Å². The van der Waals surface area contributed by atoms with Crippen molar-refractivity contribution in [1.82, 2.24) is 0 Å². The highest BCUT2D eigenvalue weighted by atomic mass is 16.6. The van der Waals surface area contributed by atoms with E-state index in [1.165, 1.54) is 5.56 Å². The van der Waals surface area contributed by atoms with E-state index >= 15 is 0 Å². The fourth-order valence-corrected chi connectivity index (χ4v) is 2.29. The van der Waals surface area contributed by atoms with Crippen LogP contribution in [0, 0.1) is 0 Å². The number of hydrogen-bond acceptors (Lipinski definition) is 3. The normalized spacial score (nSPS) is 15.0. The summed E-state index contributed by atoms with van der Waals surface area (Å²) in [5.41, 5.74) is 8.55. The van der Waals surface area contributed by atoms with Gasteiger partial charge in [-0.1, -0.05) is 36.4 Å². The molecule has 0 bridgehead atoms. The minimum absolute atomic E-state index is 0.00348. The Bertz CT molecular complexity index is 554. The minimum atomic E-state index is 0.00348. The Morgan fingerprint density at radius 1 is 0.947 bits per heavy atom. The smallest absolute Gasteiger partial charge is 0.161 e. The van der Waals surface area contributed by atoms with Crippen LogP contribution in [0.15, 0.2) is 48.5 Å². The molecule has 3 heteroatoms. The molecule has 3 nitrogen and oxygen atoms in total. The van der Waals surface area contributed by atoms with Crippen LogP contribution in [0.5, 0.6) is 11.5 Å². The zero-order valence-electron chi connectivity index (χ0n) is 10.7. The molecule has 0 aliphatic carbocycles. The van der Waals surface area contributed by atoms with Crippen molar-refractivity contribution in [3.05, 3.63) is 59.7 Å². The van der Waals surface area contributed by atoms with Crippen molar-refractivity contribution in [3.63, 3.8) is 0 Å². The fraction of sp³-hybridized carbons (Fsp3) is 0.250. The first kappa shape index (κ1) is 12.1. The van der Waals surface area contributed by atoms with Crippen molar-refractivity contribution in [3.8, 4) is 11.5 Å². The molecular weight excluding hydrogens is 238 g/mol. The van der Waals surface area contributed by atoms with Gasteiger partial charge in [-0.25, -0.2) is 0 Å². The van der Waals surface area contributed by atoms with E-state index in [1.807, 2.05) is 30.3 Å². The summed E-state index contributed by atoms with van der Waals surface area (Å²) in [6, 6.07) is 16.2. The number of hydrogen-bond donors (Lipinski definition) is 1. The van der Waals surface area contributed by atoms with Crippen LogP contribution in [-0.4, -0.2) is 13.2 Å². The lowest BCUT2D eigenvalue weighted by molar-refractivity contribution is 0.171. The van der Waals surface area contributed by atoms with Crippen LogP contribution < -0.4 is 15.2 Å². The Hall–Kier alpha value is -2.00. The second-order valence-electron chi connectivity index (χ2n) is 4.70. The molecule has 1 aliphatic rings. The van der Waals surface area contributed by atoms with Crippen LogP contribution >= 0.6 is 0 Å². The van der Waals surface area contributed by atoms with E-state index in [-0.39, 0.29) is 6.04 Å². The second-order valence-corrected chi connectivity index (χ2v) is 4.70. The molecule has 19 heavy (non-hydrogen) atoms. The van der Waals surface area contributed by atoms with Crippen LogP contribution in [-0.2, 0) is 6.42 Å². The summed E-state index contributed by atoms with van der Waals surface area (Å²) >= 11 is 0. The van der Waals surface area contributed by atoms with Gasteiger partial charge < -0.3 is 15.2 Å². The zero-order valence-corrected chi connectivity index (χ0v) is 10.7. The molecule has 0 unspecified atom stereocenters. The number of fused-ring (bicyclic) bond motifs is 1. The summed E-state index contributed by atoms with van der Waals surface area (Å²) in [5, 5.41) is 0. The summed E-state index contributed by atoms with van der Waals surface area (Å²) in [4.78, 5) is 0. The van der Waals surface area contributed by atoms with Gasteiger partial charge in [0, 0.05) is 6.04 Å². The summed E-state index contributed by atoms with van der Waals surface area (Å²) in [6.45, 7) is 1.23. The predicted molar refractivity (Wildman–Crippen MR) is 74.5 cm³/mol. The Morgan fingerprint density at radius 2 is 1.68 bits per heavy atom. The van der Waals surface area contributed by atoms with Crippen LogP contribution in [0.4, 0.5) is 0 Å². The molecular formula is C16H17NO2. The van der Waals surface area contributed by atoms with Crippen LogP contribution in [0.3, 0.4) is 0 Å². The van der Waals surface area contributed by atoms with Gasteiger partial charge in [-0.15, -0.1) is 0 Å². The summed E-state index contributed by atoms with van der Waals surface area (Å²) in [5.74, 6) is 1.65. The van der Waals surface area contributed by atoms with Gasteiger partial charge in [0.25, 0.3) is 0 Å². The molecule has 2 aromatic rings. The van der Waals surface area contributed by atoms with E-state index in [4.69, 9.17) is 15.2 Å². The molecule has 0 saturated heterocycles. The van der Waals surface area contributed by atoms with Crippen molar-refractivity contribution in [2.45, 2.75) is 12.5 Å². The quantitative estimate of drug-likeness (QED) is 0.917. The minimum Gasteiger partial charge on any atom is -0.486 e. The SMILES string of the molecule is N[C@@H](Cc1ccc2c(c1)OCCO2)c1ccccc1. The predicted octanol–water partition coefficient (Wildman–Crippen LogP) is 2.70. The van der Waals surface area contributed by atoms with Crippen LogP contribution in [0.1, 0.15) is 17.2 Å². The maximum Gasteiger partial charge on any atom is 0.161 e. The average Bonchev–Trinajstić information content (AvgIpc) is 2.48. The Labute approximate surface area is 113 Å². The molecule has 0 radical (unpaired) electrons. The molecule has 0 saturated carbocycles. The van der Waals surface area contributed by atoms with Gasteiger partial charge in [-0.3, -0.25) is 0 Å². The molecule has 1 heterocycles. The van der Waals surface area contributed by atoms with Crippen molar-refractivity contribution in [1.29, 1.82) is 0 Å². The van der Waals surface area contributed by atoms with Crippen molar-refractivity contribution in [2.75, 3.05) is 13.2 Å². The Balaban J connectivity index is 1.76. The van der Waals surface area contributed by atoms with Gasteiger partial charge >= 0.3 is 0 Å². The first-order chi connectivity index (χ1) is 9.33. The summed E-state index contributed by atoms with van der Waals surface area (Å²) < 4.78 is 11.1. The third-order valence-corrected chi connectivity index (χ3v) is 3.29. The third-order valence-electron chi connectivity index (χ3n) is 3.29. The maximum atomic E-state index is 6.23. The Morgan fingerprint density at radius 3 is 2.47 bits per heavy atom. The van der Waals surface area contributed by atoms with Crippen molar-refractivity contribution in [2.24, 2.45) is 5.73 Å². The van der Waals surface area contributed by atoms with Gasteiger partial charge in [-0.05, 0) is 29.7 Å². The second kappa shape index (κ2) is 5.33. The van der Waals surface area contributed by atoms with Crippen LogP contribution in [0.25, 0.3) is 0 Å². The third kappa shape index (κ3) is 2.71. The van der Waals surface area contributed by atoms with E-state index in [0.29, 0.717) is 13.2 Å². The van der Waals surface area contributed by atoms with Crippen molar-refractivity contribution < 1.29 is 9.47 Å².